The summed E-state index contributed by atoms with van der Waals surface area (Å²) in [5, 5.41) is 9.92. The van der Waals surface area contributed by atoms with E-state index in [0.29, 0.717) is 0 Å². The van der Waals surface area contributed by atoms with E-state index in [1.165, 1.54) is 19.4 Å². The number of unbranched alkanes of at least 4 members (excludes halogenated alkanes) is 4. The van der Waals surface area contributed by atoms with Gasteiger partial charge in [-0.3, -0.25) is 0 Å². The van der Waals surface area contributed by atoms with Crippen LogP contribution in [0.15, 0.2) is 0 Å². The monoisotopic (exact) mass is 275 g/mol. The lowest BCUT2D eigenvalue weighted by atomic mass is 10.1. The van der Waals surface area contributed by atoms with E-state index in [1.807, 2.05) is 0 Å². The van der Waals surface area contributed by atoms with E-state index in [1.54, 1.807) is 7.11 Å². The van der Waals surface area contributed by atoms with Gasteiger partial charge in [0, 0.05) is 13.1 Å². The van der Waals surface area contributed by atoms with Crippen molar-refractivity contribution < 1.29 is 19.1 Å². The average molecular weight is 275 g/mol. The maximum atomic E-state index is 9.92. The summed E-state index contributed by atoms with van der Waals surface area (Å²) in [5.74, 6) is -0.920. The molecule has 0 aliphatic carbocycles. The highest BCUT2D eigenvalue weighted by molar-refractivity contribution is 5.63. The minimum absolute atomic E-state index is 0.226. The third kappa shape index (κ3) is 19.9. The van der Waals surface area contributed by atoms with Crippen LogP contribution in [0.4, 0.5) is 0 Å². The summed E-state index contributed by atoms with van der Waals surface area (Å²) < 4.78 is 6.01. The van der Waals surface area contributed by atoms with Crippen LogP contribution in [0.1, 0.15) is 52.4 Å². The number of hydrogen-bond donors (Lipinski definition) is 0. The maximum Gasteiger partial charge on any atom is 0.102 e. The van der Waals surface area contributed by atoms with Gasteiger partial charge >= 0.3 is 0 Å². The quantitative estimate of drug-likeness (QED) is 0.451. The molecule has 0 aromatic carbocycles. The fourth-order valence-corrected chi connectivity index (χ4v) is 1.37. The Morgan fingerprint density at radius 3 is 2.11 bits per heavy atom. The largest absolute Gasteiger partial charge is 0.550 e. The van der Waals surface area contributed by atoms with Crippen molar-refractivity contribution in [2.45, 2.75) is 52.4 Å². The molecule has 0 aromatic heterocycles. The molecule has 0 heterocycles. The molecular weight excluding hydrogens is 242 g/mol. The van der Waals surface area contributed by atoms with Gasteiger partial charge in [-0.2, -0.15) is 0 Å². The summed E-state index contributed by atoms with van der Waals surface area (Å²) in [4.78, 5) is 9.92. The van der Waals surface area contributed by atoms with Gasteiger partial charge in [0.2, 0.25) is 0 Å². The van der Waals surface area contributed by atoms with E-state index in [-0.39, 0.29) is 6.42 Å². The number of carbonyl (C=O) groups is 1. The van der Waals surface area contributed by atoms with Crippen LogP contribution in [-0.4, -0.2) is 51.4 Å². The van der Waals surface area contributed by atoms with Gasteiger partial charge in [-0.1, -0.05) is 32.6 Å². The number of aliphatic carboxylic acids is 1. The molecular formula is C15H33NO3. The van der Waals surface area contributed by atoms with Crippen LogP contribution >= 0.6 is 0 Å². The third-order valence-corrected chi connectivity index (χ3v) is 3.24. The Kier molecular flexibility index (Phi) is 15.1. The highest BCUT2D eigenvalue weighted by Gasteiger charge is 2.09. The Hall–Kier alpha value is -0.610. The molecule has 0 bridgehead atoms. The van der Waals surface area contributed by atoms with Gasteiger partial charge in [-0.15, -0.1) is 0 Å². The van der Waals surface area contributed by atoms with Crippen molar-refractivity contribution in [1.82, 2.24) is 0 Å². The molecule has 0 atom stereocenters. The van der Waals surface area contributed by atoms with Gasteiger partial charge in [0.25, 0.3) is 0 Å². The van der Waals surface area contributed by atoms with E-state index in [2.05, 4.69) is 27.9 Å². The topological polar surface area (TPSA) is 49.4 Å². The van der Waals surface area contributed by atoms with Gasteiger partial charge in [-0.05, 0) is 19.8 Å². The summed E-state index contributed by atoms with van der Waals surface area (Å²) in [6.07, 6.45) is 5.61. The Morgan fingerprint density at radius 1 is 1.11 bits per heavy atom. The first-order valence-corrected chi connectivity index (χ1v) is 7.40. The lowest BCUT2D eigenvalue weighted by Crippen LogP contribution is -2.41. The predicted molar refractivity (Wildman–Crippen MR) is 77.8 cm³/mol. The SMILES string of the molecule is CCCCCCCC(=O)[O-].CC[N+](C)(C)CCOC. The van der Waals surface area contributed by atoms with Gasteiger partial charge in [0.05, 0.1) is 27.2 Å². The Bertz CT molecular complexity index is 206. The van der Waals surface area contributed by atoms with Crippen LogP contribution < -0.4 is 5.11 Å². The standard InChI is InChI=1S/C8H16O2.C7H18NO/c1-2-3-4-5-6-7-8(9)10;1-5-8(2,3)6-7-9-4/h2-7H2,1H3,(H,9,10);5-7H2,1-4H3/q;+1/p-1. The number of quaternary nitrogens is 1. The lowest BCUT2D eigenvalue weighted by molar-refractivity contribution is -0.888. The molecule has 0 aromatic rings. The zero-order valence-electron chi connectivity index (χ0n) is 13.5. The van der Waals surface area contributed by atoms with Crippen LogP contribution in [0.5, 0.6) is 0 Å². The molecule has 0 rings (SSSR count). The zero-order chi connectivity index (χ0) is 15.1. The molecule has 0 saturated heterocycles. The number of carboxylic acid groups (broad SMARTS) is 1. The smallest absolute Gasteiger partial charge is 0.102 e. The summed E-state index contributed by atoms with van der Waals surface area (Å²) in [6.45, 7) is 7.46. The summed E-state index contributed by atoms with van der Waals surface area (Å²) >= 11 is 0. The van der Waals surface area contributed by atoms with Crippen molar-refractivity contribution in [2.75, 3.05) is 40.9 Å². The van der Waals surface area contributed by atoms with Gasteiger partial charge in [-0.25, -0.2) is 0 Å². The molecule has 19 heavy (non-hydrogen) atoms. The third-order valence-electron chi connectivity index (χ3n) is 3.24. The minimum atomic E-state index is -0.920. The lowest BCUT2D eigenvalue weighted by Gasteiger charge is -2.27. The molecule has 0 aliphatic heterocycles. The number of ether oxygens (including phenoxy) is 1. The number of rotatable bonds is 10. The highest BCUT2D eigenvalue weighted by atomic mass is 16.5. The fourth-order valence-electron chi connectivity index (χ4n) is 1.37. The summed E-state index contributed by atoms with van der Waals surface area (Å²) in [6, 6.07) is 0. The molecule has 0 amide bonds. The van der Waals surface area contributed by atoms with E-state index in [4.69, 9.17) is 4.74 Å². The van der Waals surface area contributed by atoms with Gasteiger partial charge in [0.15, 0.2) is 0 Å². The second-order valence-corrected chi connectivity index (χ2v) is 5.50. The Morgan fingerprint density at radius 2 is 1.68 bits per heavy atom. The van der Waals surface area contributed by atoms with E-state index in [0.717, 1.165) is 36.9 Å². The van der Waals surface area contributed by atoms with Crippen molar-refractivity contribution in [1.29, 1.82) is 0 Å². The average Bonchev–Trinajstić information content (AvgIpc) is 2.37. The first-order chi connectivity index (χ1) is 8.89. The molecule has 0 radical (unpaired) electrons. The molecule has 0 aliphatic rings. The van der Waals surface area contributed by atoms with Crippen molar-refractivity contribution in [3.63, 3.8) is 0 Å². The second kappa shape index (κ2) is 13.8. The molecule has 0 fully saturated rings. The molecule has 116 valence electrons. The molecule has 4 nitrogen and oxygen atoms in total. The fraction of sp³-hybridized carbons (Fsp3) is 0.933. The second-order valence-electron chi connectivity index (χ2n) is 5.50. The van der Waals surface area contributed by atoms with Crippen molar-refractivity contribution >= 4 is 5.97 Å². The molecule has 0 spiro atoms. The summed E-state index contributed by atoms with van der Waals surface area (Å²) in [5.41, 5.74) is 0. The van der Waals surface area contributed by atoms with E-state index < -0.39 is 5.97 Å². The van der Waals surface area contributed by atoms with Crippen molar-refractivity contribution in [2.24, 2.45) is 0 Å². The first-order valence-electron chi connectivity index (χ1n) is 7.40. The zero-order valence-corrected chi connectivity index (χ0v) is 13.5. The Labute approximate surface area is 119 Å². The molecule has 4 heteroatoms. The molecule has 0 unspecified atom stereocenters. The number of hydrogen-bond acceptors (Lipinski definition) is 3. The first kappa shape index (κ1) is 20.7. The minimum Gasteiger partial charge on any atom is -0.550 e. The molecule has 0 N–H and O–H groups in total. The van der Waals surface area contributed by atoms with E-state index in [9.17, 15) is 9.90 Å². The summed E-state index contributed by atoms with van der Waals surface area (Å²) in [7, 11) is 6.16. The van der Waals surface area contributed by atoms with Crippen LogP contribution in [-0.2, 0) is 9.53 Å². The van der Waals surface area contributed by atoms with Crippen LogP contribution in [0.2, 0.25) is 0 Å². The van der Waals surface area contributed by atoms with Crippen molar-refractivity contribution in [3.05, 3.63) is 0 Å². The van der Waals surface area contributed by atoms with Crippen LogP contribution in [0.3, 0.4) is 0 Å². The number of carboxylic acids is 1. The maximum absolute atomic E-state index is 9.92. The van der Waals surface area contributed by atoms with Gasteiger partial charge in [0.1, 0.15) is 6.54 Å². The van der Waals surface area contributed by atoms with E-state index >= 15 is 0 Å². The van der Waals surface area contributed by atoms with Gasteiger partial charge < -0.3 is 19.1 Å². The van der Waals surface area contributed by atoms with Crippen LogP contribution in [0.25, 0.3) is 0 Å². The molecule has 0 saturated carbocycles. The Balaban J connectivity index is 0. The number of nitrogens with zero attached hydrogens (tertiary/aromatic N) is 1. The number of methoxy groups -OCH3 is 1. The highest BCUT2D eigenvalue weighted by Crippen LogP contribution is 2.03. The van der Waals surface area contributed by atoms with Crippen molar-refractivity contribution in [3.8, 4) is 0 Å². The predicted octanol–water partition coefficient (Wildman–Crippen LogP) is 1.83. The van der Waals surface area contributed by atoms with Crippen LogP contribution in [0, 0.1) is 0 Å². The number of carbonyl (C=O) groups excluding carboxylic acids is 1. The number of likely N-dealkylation sites (N-methyl/N-ethyl adjacent to an activating group) is 1. The normalized spacial score (nSPS) is 10.8.